The molecule has 0 spiro atoms. The smallest absolute Gasteiger partial charge is 0.0712 e. The molecule has 0 saturated carbocycles. The maximum atomic E-state index is 4.72. The van der Waals surface area contributed by atoms with Gasteiger partial charge in [-0.1, -0.05) is 42.5 Å². The van der Waals surface area contributed by atoms with E-state index in [0.29, 0.717) is 0 Å². The van der Waals surface area contributed by atoms with Crippen molar-refractivity contribution in [2.24, 2.45) is 4.99 Å². The molecule has 0 aromatic heterocycles. The van der Waals surface area contributed by atoms with E-state index >= 15 is 0 Å². The first-order chi connectivity index (χ1) is 8.42. The zero-order chi connectivity index (χ0) is 11.2. The molecular weight excluding hydrogens is 206 g/mol. The van der Waals surface area contributed by atoms with E-state index in [9.17, 15) is 0 Å². The summed E-state index contributed by atoms with van der Waals surface area (Å²) in [6.07, 6.45) is 3.22. The minimum absolute atomic E-state index is 0.955. The first-order valence-corrected chi connectivity index (χ1v) is 5.89. The first kappa shape index (κ1) is 8.94. The Morgan fingerprint density at radius 3 is 2.71 bits per heavy atom. The number of hydrogen-bond donors (Lipinski definition) is 0. The number of aliphatic imine (C=N–C) groups is 1. The lowest BCUT2D eigenvalue weighted by molar-refractivity contribution is 1.31. The van der Waals surface area contributed by atoms with E-state index in [1.165, 1.54) is 28.0 Å². The quantitative estimate of drug-likeness (QED) is 0.635. The Kier molecular flexibility index (Phi) is 1.67. The van der Waals surface area contributed by atoms with Crippen LogP contribution in [0, 0.1) is 0 Å². The molecule has 0 radical (unpaired) electrons. The Labute approximate surface area is 100 Å². The summed E-state index contributed by atoms with van der Waals surface area (Å²) in [6.45, 7) is 0. The third-order valence-electron chi connectivity index (χ3n) is 3.47. The lowest BCUT2D eigenvalue weighted by atomic mass is 9.88. The SMILES string of the molecule is C1=C2C(=Nc3ccccc32)Cc2ccccc21. The van der Waals surface area contributed by atoms with Crippen molar-refractivity contribution in [2.75, 3.05) is 0 Å². The third kappa shape index (κ3) is 1.22. The third-order valence-corrected chi connectivity index (χ3v) is 3.47. The van der Waals surface area contributed by atoms with Crippen LogP contribution in [-0.2, 0) is 6.42 Å². The summed E-state index contributed by atoms with van der Waals surface area (Å²) in [5.74, 6) is 0. The topological polar surface area (TPSA) is 12.4 Å². The largest absolute Gasteiger partial charge is 0.252 e. The van der Waals surface area contributed by atoms with Gasteiger partial charge in [0.15, 0.2) is 0 Å². The Hall–Kier alpha value is -2.15. The van der Waals surface area contributed by atoms with E-state index in [1.807, 2.05) is 6.07 Å². The van der Waals surface area contributed by atoms with Gasteiger partial charge in [-0.2, -0.15) is 0 Å². The Balaban J connectivity index is 1.97. The van der Waals surface area contributed by atoms with Crippen molar-refractivity contribution in [1.29, 1.82) is 0 Å². The average Bonchev–Trinajstić information content (AvgIpc) is 2.73. The molecule has 17 heavy (non-hydrogen) atoms. The first-order valence-electron chi connectivity index (χ1n) is 5.89. The van der Waals surface area contributed by atoms with E-state index < -0.39 is 0 Å². The number of nitrogens with zero attached hydrogens (tertiary/aromatic N) is 1. The van der Waals surface area contributed by atoms with Crippen molar-refractivity contribution in [3.8, 4) is 0 Å². The predicted octanol–water partition coefficient (Wildman–Crippen LogP) is 3.87. The lowest BCUT2D eigenvalue weighted by Crippen LogP contribution is -2.08. The molecule has 1 heteroatoms. The highest BCUT2D eigenvalue weighted by atomic mass is 14.8. The molecular formula is C16H11N. The standard InChI is InChI=1S/C16H11N/c1-2-6-12-10-16-14(9-11(12)5-1)13-7-3-4-8-15(13)17-16/h1-9H,10H2. The average molecular weight is 217 g/mol. The summed E-state index contributed by atoms with van der Waals surface area (Å²) in [5.41, 5.74) is 7.61. The summed E-state index contributed by atoms with van der Waals surface area (Å²) in [7, 11) is 0. The van der Waals surface area contributed by atoms with Gasteiger partial charge in [0.05, 0.1) is 11.4 Å². The van der Waals surface area contributed by atoms with Gasteiger partial charge in [0.2, 0.25) is 0 Å². The summed E-state index contributed by atoms with van der Waals surface area (Å²) in [6, 6.07) is 16.9. The van der Waals surface area contributed by atoms with Gasteiger partial charge in [-0.15, -0.1) is 0 Å². The number of allylic oxidation sites excluding steroid dienone is 1. The van der Waals surface area contributed by atoms with Crippen LogP contribution in [0.15, 0.2) is 53.5 Å². The molecule has 0 N–H and O–H groups in total. The fraction of sp³-hybridized carbons (Fsp3) is 0.0625. The molecule has 2 aromatic carbocycles. The van der Waals surface area contributed by atoms with Gasteiger partial charge in [-0.25, -0.2) is 0 Å². The van der Waals surface area contributed by atoms with Crippen LogP contribution in [0.2, 0.25) is 0 Å². The molecule has 0 unspecified atom stereocenters. The van der Waals surface area contributed by atoms with Crippen molar-refractivity contribution >= 4 is 23.0 Å². The highest BCUT2D eigenvalue weighted by molar-refractivity contribution is 6.34. The normalized spacial score (nSPS) is 15.5. The van der Waals surface area contributed by atoms with Gasteiger partial charge in [-0.3, -0.25) is 4.99 Å². The Morgan fingerprint density at radius 1 is 0.882 bits per heavy atom. The minimum atomic E-state index is 0.955. The Morgan fingerprint density at radius 2 is 1.71 bits per heavy atom. The zero-order valence-corrected chi connectivity index (χ0v) is 9.35. The fourth-order valence-corrected chi connectivity index (χ4v) is 2.63. The monoisotopic (exact) mass is 217 g/mol. The van der Waals surface area contributed by atoms with E-state index in [-0.39, 0.29) is 0 Å². The number of benzene rings is 2. The maximum absolute atomic E-state index is 4.72. The van der Waals surface area contributed by atoms with Crippen molar-refractivity contribution < 1.29 is 0 Å². The van der Waals surface area contributed by atoms with Crippen LogP contribution < -0.4 is 0 Å². The molecule has 0 saturated heterocycles. The van der Waals surface area contributed by atoms with Gasteiger partial charge in [0.1, 0.15) is 0 Å². The van der Waals surface area contributed by atoms with Gasteiger partial charge in [0, 0.05) is 17.6 Å². The molecule has 1 aliphatic heterocycles. The molecule has 2 aromatic rings. The van der Waals surface area contributed by atoms with Crippen LogP contribution in [-0.4, -0.2) is 5.71 Å². The van der Waals surface area contributed by atoms with Crippen molar-refractivity contribution in [3.05, 3.63) is 65.2 Å². The molecule has 0 bridgehead atoms. The Bertz CT molecular complexity index is 677. The second-order valence-corrected chi connectivity index (χ2v) is 4.51. The van der Waals surface area contributed by atoms with Crippen LogP contribution in [0.25, 0.3) is 11.6 Å². The van der Waals surface area contributed by atoms with Crippen molar-refractivity contribution in [2.45, 2.75) is 6.42 Å². The molecule has 0 amide bonds. The molecule has 0 atom stereocenters. The number of fused-ring (bicyclic) bond motifs is 4. The van der Waals surface area contributed by atoms with Gasteiger partial charge < -0.3 is 0 Å². The number of rotatable bonds is 0. The lowest BCUT2D eigenvalue weighted by Gasteiger charge is -2.14. The molecule has 1 aliphatic carbocycles. The molecule has 2 aliphatic rings. The fourth-order valence-electron chi connectivity index (χ4n) is 2.63. The minimum Gasteiger partial charge on any atom is -0.252 e. The van der Waals surface area contributed by atoms with Gasteiger partial charge in [-0.05, 0) is 23.3 Å². The zero-order valence-electron chi connectivity index (χ0n) is 9.35. The van der Waals surface area contributed by atoms with E-state index in [1.54, 1.807) is 0 Å². The summed E-state index contributed by atoms with van der Waals surface area (Å²) >= 11 is 0. The summed E-state index contributed by atoms with van der Waals surface area (Å²) in [4.78, 5) is 4.72. The van der Waals surface area contributed by atoms with E-state index in [4.69, 9.17) is 4.99 Å². The van der Waals surface area contributed by atoms with E-state index in [2.05, 4.69) is 48.5 Å². The van der Waals surface area contributed by atoms with Crippen LogP contribution in [0.5, 0.6) is 0 Å². The molecule has 0 fully saturated rings. The number of para-hydroxylation sites is 1. The van der Waals surface area contributed by atoms with Crippen molar-refractivity contribution in [1.82, 2.24) is 0 Å². The van der Waals surface area contributed by atoms with Gasteiger partial charge in [0.25, 0.3) is 0 Å². The predicted molar refractivity (Wildman–Crippen MR) is 71.6 cm³/mol. The van der Waals surface area contributed by atoms with Crippen LogP contribution in [0.1, 0.15) is 16.7 Å². The van der Waals surface area contributed by atoms with Gasteiger partial charge >= 0.3 is 0 Å². The highest BCUT2D eigenvalue weighted by Gasteiger charge is 2.24. The van der Waals surface area contributed by atoms with E-state index in [0.717, 1.165) is 12.1 Å². The second-order valence-electron chi connectivity index (χ2n) is 4.51. The van der Waals surface area contributed by atoms with Crippen LogP contribution in [0.3, 0.4) is 0 Å². The highest BCUT2D eigenvalue weighted by Crippen LogP contribution is 2.39. The van der Waals surface area contributed by atoms with Crippen molar-refractivity contribution in [3.63, 3.8) is 0 Å². The molecule has 80 valence electrons. The maximum Gasteiger partial charge on any atom is 0.0712 e. The van der Waals surface area contributed by atoms with Crippen LogP contribution in [0.4, 0.5) is 5.69 Å². The molecule has 1 nitrogen and oxygen atoms in total. The molecule has 4 rings (SSSR count). The number of hydrogen-bond acceptors (Lipinski definition) is 1. The summed E-state index contributed by atoms with van der Waals surface area (Å²) < 4.78 is 0. The van der Waals surface area contributed by atoms with Crippen LogP contribution >= 0.6 is 0 Å². The second kappa shape index (κ2) is 3.17. The summed E-state index contributed by atoms with van der Waals surface area (Å²) in [5, 5.41) is 0. The molecule has 1 heterocycles.